The van der Waals surface area contributed by atoms with E-state index in [1.807, 2.05) is 4.90 Å². The lowest BCUT2D eigenvalue weighted by Crippen LogP contribution is -2.50. The number of benzene rings is 1. The summed E-state index contributed by atoms with van der Waals surface area (Å²) >= 11 is 0. The molecule has 35 heavy (non-hydrogen) atoms. The van der Waals surface area contributed by atoms with E-state index in [2.05, 4.69) is 15.2 Å². The molecule has 0 saturated carbocycles. The highest BCUT2D eigenvalue weighted by atomic mass is 19.2. The quantitative estimate of drug-likeness (QED) is 0.410. The molecule has 1 saturated heterocycles. The highest BCUT2D eigenvalue weighted by molar-refractivity contribution is 5.98. The Morgan fingerprint density at radius 2 is 1.91 bits per heavy atom. The van der Waals surface area contributed by atoms with Crippen LogP contribution in [0.1, 0.15) is 46.9 Å². The van der Waals surface area contributed by atoms with Gasteiger partial charge in [-0.2, -0.15) is 10.2 Å². The average molecular weight is 478 g/mol. The summed E-state index contributed by atoms with van der Waals surface area (Å²) in [5.74, 6) is -4.14. The number of hydrogen-bond acceptors (Lipinski definition) is 4. The Bertz CT molecular complexity index is 1420. The van der Waals surface area contributed by atoms with Crippen molar-refractivity contribution < 1.29 is 18.0 Å². The van der Waals surface area contributed by atoms with E-state index in [-0.39, 0.29) is 23.6 Å². The lowest BCUT2D eigenvalue weighted by atomic mass is 9.81. The van der Waals surface area contributed by atoms with Gasteiger partial charge < -0.3 is 4.90 Å². The summed E-state index contributed by atoms with van der Waals surface area (Å²) < 4.78 is 44.8. The molecule has 0 radical (unpaired) electrons. The van der Waals surface area contributed by atoms with Crippen LogP contribution in [0.2, 0.25) is 0 Å². The predicted octanol–water partition coefficient (Wildman–Crippen LogP) is 4.38. The summed E-state index contributed by atoms with van der Waals surface area (Å²) in [6.07, 6.45) is 9.52. The number of nitrogens with zero attached hydrogens (tertiary/aromatic N) is 6. The van der Waals surface area contributed by atoms with Gasteiger partial charge >= 0.3 is 0 Å². The number of hydrogen-bond donors (Lipinski definition) is 0. The van der Waals surface area contributed by atoms with Crippen molar-refractivity contribution in [3.8, 4) is 16.9 Å². The second kappa shape index (κ2) is 8.07. The molecule has 4 aromatic rings. The molecule has 10 heteroatoms. The molecule has 6 rings (SSSR count). The Kier molecular flexibility index (Phi) is 4.98. The first-order valence-corrected chi connectivity index (χ1v) is 11.4. The summed E-state index contributed by atoms with van der Waals surface area (Å²) in [5, 5.41) is 8.95. The zero-order valence-corrected chi connectivity index (χ0v) is 18.8. The molecular weight excluding hydrogens is 457 g/mol. The van der Waals surface area contributed by atoms with Gasteiger partial charge in [-0.3, -0.25) is 14.5 Å². The summed E-state index contributed by atoms with van der Waals surface area (Å²) in [6, 6.07) is 5.13. The Morgan fingerprint density at radius 1 is 1.11 bits per heavy atom. The fraction of sp³-hybridized carbons (Fsp3) is 0.280. The number of halogens is 3. The zero-order chi connectivity index (χ0) is 24.3. The van der Waals surface area contributed by atoms with Crippen LogP contribution in [0.25, 0.3) is 16.9 Å². The molecule has 7 nitrogen and oxygen atoms in total. The minimum Gasteiger partial charge on any atom is -0.327 e. The molecule has 1 amide bonds. The monoisotopic (exact) mass is 478 g/mol. The van der Waals surface area contributed by atoms with Gasteiger partial charge in [0.1, 0.15) is 0 Å². The van der Waals surface area contributed by atoms with E-state index in [1.54, 1.807) is 53.3 Å². The Hall–Kier alpha value is -3.95. The van der Waals surface area contributed by atoms with Crippen molar-refractivity contribution in [2.75, 3.05) is 0 Å². The second-order valence-electron chi connectivity index (χ2n) is 8.95. The SMILES string of the molecule is Cn1nc2c(c1-c1cc(F)c(F)c(F)c1)CC1CCCC2N1C(=O)c1cnccc1-n1cccn1. The van der Waals surface area contributed by atoms with E-state index < -0.39 is 17.5 Å². The van der Waals surface area contributed by atoms with Crippen LogP contribution in [0.5, 0.6) is 0 Å². The molecule has 2 atom stereocenters. The summed E-state index contributed by atoms with van der Waals surface area (Å²) in [4.78, 5) is 20.0. The van der Waals surface area contributed by atoms with Crippen molar-refractivity contribution in [3.05, 3.63) is 83.3 Å². The van der Waals surface area contributed by atoms with Gasteiger partial charge in [0.25, 0.3) is 5.91 Å². The molecule has 2 aliphatic rings. The second-order valence-corrected chi connectivity index (χ2v) is 8.95. The highest BCUT2D eigenvalue weighted by Gasteiger charge is 2.44. The van der Waals surface area contributed by atoms with Gasteiger partial charge in [0.05, 0.1) is 28.7 Å². The van der Waals surface area contributed by atoms with E-state index in [9.17, 15) is 18.0 Å². The van der Waals surface area contributed by atoms with Gasteiger partial charge in [-0.15, -0.1) is 0 Å². The van der Waals surface area contributed by atoms with Crippen LogP contribution in [0.4, 0.5) is 13.2 Å². The van der Waals surface area contributed by atoms with Crippen LogP contribution in [-0.2, 0) is 13.5 Å². The van der Waals surface area contributed by atoms with Crippen molar-refractivity contribution in [2.24, 2.45) is 7.05 Å². The highest BCUT2D eigenvalue weighted by Crippen LogP contribution is 2.45. The predicted molar refractivity (Wildman–Crippen MR) is 120 cm³/mol. The van der Waals surface area contributed by atoms with Gasteiger partial charge in [0.15, 0.2) is 17.5 Å². The summed E-state index contributed by atoms with van der Waals surface area (Å²) in [6.45, 7) is 0. The minimum atomic E-state index is -1.50. The Balaban J connectivity index is 1.44. The first kappa shape index (κ1) is 21.6. The lowest BCUT2D eigenvalue weighted by molar-refractivity contribution is 0.0391. The van der Waals surface area contributed by atoms with Crippen molar-refractivity contribution in [2.45, 2.75) is 37.8 Å². The molecule has 178 valence electrons. The third-order valence-electron chi connectivity index (χ3n) is 6.95. The standard InChI is InChI=1S/C25H21F3N6O/c1-32-24(14-10-18(26)22(28)19(27)11-14)16-12-15-4-2-5-21(23(16)31-32)34(15)25(35)17-13-29-8-6-20(17)33-9-3-7-30-33/h3,6-11,13,15,21H,2,4-5,12H2,1H3. The largest absolute Gasteiger partial charge is 0.327 e. The van der Waals surface area contributed by atoms with Crippen molar-refractivity contribution in [1.29, 1.82) is 0 Å². The van der Waals surface area contributed by atoms with E-state index in [0.717, 1.165) is 37.0 Å². The first-order chi connectivity index (χ1) is 16.9. The molecule has 1 aromatic carbocycles. The van der Waals surface area contributed by atoms with Crippen LogP contribution >= 0.6 is 0 Å². The van der Waals surface area contributed by atoms with Crippen LogP contribution in [-0.4, -0.2) is 41.4 Å². The van der Waals surface area contributed by atoms with Crippen LogP contribution in [0.15, 0.2) is 49.1 Å². The summed E-state index contributed by atoms with van der Waals surface area (Å²) in [7, 11) is 1.69. The van der Waals surface area contributed by atoms with E-state index in [0.29, 0.717) is 29.1 Å². The van der Waals surface area contributed by atoms with Crippen LogP contribution < -0.4 is 0 Å². The fourth-order valence-corrected chi connectivity index (χ4v) is 5.50. The van der Waals surface area contributed by atoms with Gasteiger partial charge in [-0.25, -0.2) is 17.9 Å². The molecule has 0 aliphatic carbocycles. The van der Waals surface area contributed by atoms with Gasteiger partial charge in [0, 0.05) is 49.0 Å². The Labute approximate surface area is 198 Å². The zero-order valence-electron chi connectivity index (χ0n) is 18.8. The molecule has 2 unspecified atom stereocenters. The van der Waals surface area contributed by atoms with Gasteiger partial charge in [-0.1, -0.05) is 0 Å². The van der Waals surface area contributed by atoms with E-state index >= 15 is 0 Å². The molecule has 0 N–H and O–H groups in total. The average Bonchev–Trinajstić information content (AvgIpc) is 3.49. The van der Waals surface area contributed by atoms with E-state index in [1.165, 1.54) is 0 Å². The van der Waals surface area contributed by atoms with Gasteiger partial charge in [0.2, 0.25) is 0 Å². The number of pyridine rings is 1. The summed E-state index contributed by atoms with van der Waals surface area (Å²) in [5.41, 5.74) is 3.40. The van der Waals surface area contributed by atoms with Crippen LogP contribution in [0.3, 0.4) is 0 Å². The Morgan fingerprint density at radius 3 is 2.66 bits per heavy atom. The maximum absolute atomic E-state index is 14.0. The third kappa shape index (κ3) is 3.35. The number of carbonyl (C=O) groups excluding carboxylic acids is 1. The smallest absolute Gasteiger partial charge is 0.258 e. The number of piperidine rings is 1. The van der Waals surface area contributed by atoms with Crippen molar-refractivity contribution in [1.82, 2.24) is 29.4 Å². The number of aryl methyl sites for hydroxylation is 1. The molecule has 1 fully saturated rings. The van der Waals surface area contributed by atoms with Crippen molar-refractivity contribution >= 4 is 5.91 Å². The molecule has 5 heterocycles. The molecule has 3 aromatic heterocycles. The lowest BCUT2D eigenvalue weighted by Gasteiger charge is -2.45. The van der Waals surface area contributed by atoms with Crippen LogP contribution in [0, 0.1) is 17.5 Å². The number of rotatable bonds is 3. The number of fused-ring (bicyclic) bond motifs is 4. The fourth-order valence-electron chi connectivity index (χ4n) is 5.50. The maximum atomic E-state index is 14.0. The molecule has 2 aliphatic heterocycles. The normalized spacial score (nSPS) is 19.0. The molecule has 2 bridgehead atoms. The van der Waals surface area contributed by atoms with Crippen molar-refractivity contribution in [3.63, 3.8) is 0 Å². The van der Waals surface area contributed by atoms with Gasteiger partial charge in [-0.05, 0) is 49.9 Å². The molecular formula is C25H21F3N6O. The first-order valence-electron chi connectivity index (χ1n) is 11.4. The minimum absolute atomic E-state index is 0.113. The third-order valence-corrected chi connectivity index (χ3v) is 6.95. The molecule has 0 spiro atoms. The number of carbonyl (C=O) groups is 1. The van der Waals surface area contributed by atoms with E-state index in [4.69, 9.17) is 0 Å². The number of aromatic nitrogens is 5. The number of amides is 1. The topological polar surface area (TPSA) is 68.8 Å². The maximum Gasteiger partial charge on any atom is 0.258 e.